The smallest absolute Gasteiger partial charge is 0.125 e. The molecule has 2 aromatic carbocycles. The van der Waals surface area contributed by atoms with E-state index in [1.54, 1.807) is 0 Å². The molecular formula is C17H18ClFN2. The van der Waals surface area contributed by atoms with Gasteiger partial charge in [-0.2, -0.15) is 0 Å². The van der Waals surface area contributed by atoms with Crippen molar-refractivity contribution in [3.8, 4) is 0 Å². The van der Waals surface area contributed by atoms with E-state index < -0.39 is 0 Å². The second-order valence-electron chi connectivity index (χ2n) is 5.44. The van der Waals surface area contributed by atoms with Gasteiger partial charge in [-0.3, -0.25) is 4.90 Å². The van der Waals surface area contributed by atoms with E-state index >= 15 is 0 Å². The summed E-state index contributed by atoms with van der Waals surface area (Å²) in [5, 5.41) is 0.417. The van der Waals surface area contributed by atoms with Crippen LogP contribution in [0.15, 0.2) is 42.5 Å². The minimum Gasteiger partial charge on any atom is -0.329 e. The maximum Gasteiger partial charge on any atom is 0.125 e. The van der Waals surface area contributed by atoms with Gasteiger partial charge in [-0.1, -0.05) is 35.9 Å². The fraction of sp³-hybridized carbons (Fsp3) is 0.294. The van der Waals surface area contributed by atoms with Crippen LogP contribution < -0.4 is 5.73 Å². The lowest BCUT2D eigenvalue weighted by Gasteiger charge is -2.35. The molecule has 1 unspecified atom stereocenters. The molecule has 0 amide bonds. The van der Waals surface area contributed by atoms with E-state index in [0.717, 1.165) is 25.1 Å². The van der Waals surface area contributed by atoms with Crippen LogP contribution in [0.1, 0.15) is 22.7 Å². The van der Waals surface area contributed by atoms with Crippen LogP contribution in [-0.2, 0) is 13.0 Å². The maximum absolute atomic E-state index is 13.6. The lowest BCUT2D eigenvalue weighted by Crippen LogP contribution is -2.37. The number of hydrogen-bond acceptors (Lipinski definition) is 2. The van der Waals surface area contributed by atoms with Crippen LogP contribution in [0.25, 0.3) is 0 Å². The Morgan fingerprint density at radius 1 is 1.19 bits per heavy atom. The summed E-state index contributed by atoms with van der Waals surface area (Å²) >= 11 is 5.97. The summed E-state index contributed by atoms with van der Waals surface area (Å²) in [5.41, 5.74) is 9.51. The first-order valence-corrected chi connectivity index (χ1v) is 7.52. The van der Waals surface area contributed by atoms with Gasteiger partial charge in [0.15, 0.2) is 0 Å². The Bertz CT molecular complexity index is 624. The molecule has 0 aromatic heterocycles. The quantitative estimate of drug-likeness (QED) is 0.940. The topological polar surface area (TPSA) is 29.3 Å². The predicted octanol–water partition coefficient (Wildman–Crippen LogP) is 3.54. The largest absolute Gasteiger partial charge is 0.329 e. The summed E-state index contributed by atoms with van der Waals surface area (Å²) in [6, 6.07) is 13.1. The molecule has 2 nitrogen and oxygen atoms in total. The van der Waals surface area contributed by atoms with Crippen LogP contribution >= 0.6 is 11.6 Å². The molecule has 1 heterocycles. The molecule has 2 aromatic rings. The van der Waals surface area contributed by atoms with Gasteiger partial charge in [0.25, 0.3) is 0 Å². The summed E-state index contributed by atoms with van der Waals surface area (Å²) < 4.78 is 13.6. The zero-order valence-electron chi connectivity index (χ0n) is 11.7. The SMILES string of the molecule is NCC(c1cc(F)cc(Cl)c1)N1CCc2ccccc2C1. The second kappa shape index (κ2) is 6.14. The molecule has 1 atom stereocenters. The summed E-state index contributed by atoms with van der Waals surface area (Å²) in [7, 11) is 0. The van der Waals surface area contributed by atoms with Gasteiger partial charge in [-0.25, -0.2) is 4.39 Å². The van der Waals surface area contributed by atoms with Crippen molar-refractivity contribution in [3.05, 3.63) is 70.0 Å². The fourth-order valence-electron chi connectivity index (χ4n) is 3.05. The van der Waals surface area contributed by atoms with Crippen molar-refractivity contribution in [2.24, 2.45) is 5.73 Å². The van der Waals surface area contributed by atoms with Crippen molar-refractivity contribution >= 4 is 11.6 Å². The zero-order valence-corrected chi connectivity index (χ0v) is 12.5. The Morgan fingerprint density at radius 2 is 1.95 bits per heavy atom. The molecule has 0 saturated heterocycles. The van der Waals surface area contributed by atoms with Gasteiger partial charge in [0.1, 0.15) is 5.82 Å². The molecule has 1 aliphatic rings. The molecule has 3 rings (SSSR count). The summed E-state index contributed by atoms with van der Waals surface area (Å²) in [4.78, 5) is 2.30. The molecule has 110 valence electrons. The number of benzene rings is 2. The van der Waals surface area contributed by atoms with Crippen molar-refractivity contribution in [3.63, 3.8) is 0 Å². The first kappa shape index (κ1) is 14.5. The van der Waals surface area contributed by atoms with Gasteiger partial charge in [0, 0.05) is 30.7 Å². The van der Waals surface area contributed by atoms with Crippen LogP contribution in [-0.4, -0.2) is 18.0 Å². The Labute approximate surface area is 129 Å². The molecule has 0 spiro atoms. The lowest BCUT2D eigenvalue weighted by molar-refractivity contribution is 0.183. The van der Waals surface area contributed by atoms with Gasteiger partial charge in [-0.15, -0.1) is 0 Å². The van der Waals surface area contributed by atoms with E-state index in [4.69, 9.17) is 17.3 Å². The number of rotatable bonds is 3. The Morgan fingerprint density at radius 3 is 2.67 bits per heavy atom. The van der Waals surface area contributed by atoms with Crippen LogP contribution in [0.3, 0.4) is 0 Å². The van der Waals surface area contributed by atoms with Gasteiger partial charge in [-0.05, 0) is 41.3 Å². The lowest BCUT2D eigenvalue weighted by atomic mass is 9.96. The zero-order chi connectivity index (χ0) is 14.8. The number of nitrogens with two attached hydrogens (primary N) is 1. The standard InChI is InChI=1S/C17H18ClFN2/c18-15-7-14(8-16(19)9-15)17(10-20)21-6-5-12-3-1-2-4-13(12)11-21/h1-4,7-9,17H,5-6,10-11,20H2. The summed E-state index contributed by atoms with van der Waals surface area (Å²) in [6.07, 6.45) is 0.996. The van der Waals surface area contributed by atoms with Crippen LogP contribution in [0.2, 0.25) is 5.02 Å². The van der Waals surface area contributed by atoms with E-state index in [-0.39, 0.29) is 11.9 Å². The average Bonchev–Trinajstić information content (AvgIpc) is 2.47. The first-order chi connectivity index (χ1) is 10.2. The molecule has 1 aliphatic heterocycles. The van der Waals surface area contributed by atoms with E-state index in [1.165, 1.54) is 23.3 Å². The second-order valence-corrected chi connectivity index (χ2v) is 5.88. The summed E-state index contributed by atoms with van der Waals surface area (Å²) in [6.45, 7) is 2.21. The predicted molar refractivity (Wildman–Crippen MR) is 83.8 cm³/mol. The van der Waals surface area contributed by atoms with E-state index in [1.807, 2.05) is 6.07 Å². The fourth-order valence-corrected chi connectivity index (χ4v) is 3.28. The van der Waals surface area contributed by atoms with Crippen molar-refractivity contribution < 1.29 is 4.39 Å². The van der Waals surface area contributed by atoms with Gasteiger partial charge in [0.2, 0.25) is 0 Å². The van der Waals surface area contributed by atoms with Crippen molar-refractivity contribution in [2.75, 3.05) is 13.1 Å². The number of fused-ring (bicyclic) bond motifs is 1. The molecule has 0 bridgehead atoms. The van der Waals surface area contributed by atoms with Gasteiger partial charge >= 0.3 is 0 Å². The summed E-state index contributed by atoms with van der Waals surface area (Å²) in [5.74, 6) is -0.312. The molecule has 0 radical (unpaired) electrons. The Kier molecular flexibility index (Phi) is 4.24. The molecule has 0 saturated carbocycles. The Balaban J connectivity index is 1.88. The molecule has 2 N–H and O–H groups in total. The van der Waals surface area contributed by atoms with Crippen molar-refractivity contribution in [1.82, 2.24) is 4.90 Å². The van der Waals surface area contributed by atoms with Crippen molar-refractivity contribution in [1.29, 1.82) is 0 Å². The van der Waals surface area contributed by atoms with Crippen LogP contribution in [0.5, 0.6) is 0 Å². The number of hydrogen-bond donors (Lipinski definition) is 1. The first-order valence-electron chi connectivity index (χ1n) is 7.14. The molecule has 21 heavy (non-hydrogen) atoms. The highest BCUT2D eigenvalue weighted by atomic mass is 35.5. The molecular weight excluding hydrogens is 287 g/mol. The van der Waals surface area contributed by atoms with Crippen molar-refractivity contribution in [2.45, 2.75) is 19.0 Å². The normalized spacial score (nSPS) is 16.5. The van der Waals surface area contributed by atoms with Gasteiger partial charge in [0.05, 0.1) is 0 Å². The average molecular weight is 305 g/mol. The van der Waals surface area contributed by atoms with Gasteiger partial charge < -0.3 is 5.73 Å². The minimum absolute atomic E-state index is 0.00782. The highest BCUT2D eigenvalue weighted by Crippen LogP contribution is 2.29. The van der Waals surface area contributed by atoms with Crippen LogP contribution in [0.4, 0.5) is 4.39 Å². The third-order valence-electron chi connectivity index (χ3n) is 4.09. The number of nitrogens with zero attached hydrogens (tertiary/aromatic N) is 1. The molecule has 0 fully saturated rings. The van der Waals surface area contributed by atoms with Crippen LogP contribution in [0, 0.1) is 5.82 Å². The highest BCUT2D eigenvalue weighted by molar-refractivity contribution is 6.30. The van der Waals surface area contributed by atoms with E-state index in [9.17, 15) is 4.39 Å². The Hall–Kier alpha value is -1.42. The highest BCUT2D eigenvalue weighted by Gasteiger charge is 2.24. The number of halogens is 2. The van der Waals surface area contributed by atoms with E-state index in [2.05, 4.69) is 29.2 Å². The maximum atomic E-state index is 13.6. The molecule has 4 heteroatoms. The third-order valence-corrected chi connectivity index (χ3v) is 4.31. The minimum atomic E-state index is -0.312. The van der Waals surface area contributed by atoms with E-state index in [0.29, 0.717) is 11.6 Å². The third kappa shape index (κ3) is 3.10. The molecule has 0 aliphatic carbocycles. The monoisotopic (exact) mass is 304 g/mol.